The number of alkyl halides is 3. The Kier molecular flexibility index (Phi) is 5.38. The molecule has 0 saturated carbocycles. The molecule has 110 valence electrons. The van der Waals surface area contributed by atoms with Crippen molar-refractivity contribution in [1.82, 2.24) is 0 Å². The van der Waals surface area contributed by atoms with Crippen LogP contribution in [0.5, 0.6) is 5.75 Å². The quantitative estimate of drug-likeness (QED) is 0.855. The van der Waals surface area contributed by atoms with E-state index in [2.05, 4.69) is 4.74 Å². The molecule has 20 heavy (non-hydrogen) atoms. The van der Waals surface area contributed by atoms with Gasteiger partial charge in [0.2, 0.25) is 0 Å². The summed E-state index contributed by atoms with van der Waals surface area (Å²) >= 11 is 1.30. The lowest BCUT2D eigenvalue weighted by Gasteiger charge is -2.14. The summed E-state index contributed by atoms with van der Waals surface area (Å²) in [5.74, 6) is -1.16. The van der Waals surface area contributed by atoms with Crippen molar-refractivity contribution >= 4 is 23.7 Å². The highest BCUT2D eigenvalue weighted by molar-refractivity contribution is 7.10. The van der Waals surface area contributed by atoms with Gasteiger partial charge in [0.05, 0.1) is 6.04 Å². The van der Waals surface area contributed by atoms with E-state index in [1.165, 1.54) is 11.3 Å². The Bertz CT molecular complexity index is 559. The van der Waals surface area contributed by atoms with E-state index in [4.69, 9.17) is 5.73 Å². The Hall–Kier alpha value is -1.31. The highest BCUT2D eigenvalue weighted by Gasteiger charge is 2.31. The molecule has 0 saturated heterocycles. The van der Waals surface area contributed by atoms with Crippen molar-refractivity contribution in [3.8, 4) is 5.75 Å². The number of halogens is 5. The zero-order valence-corrected chi connectivity index (χ0v) is 11.5. The second-order valence-electron chi connectivity index (χ2n) is 3.72. The third-order valence-electron chi connectivity index (χ3n) is 2.39. The summed E-state index contributed by atoms with van der Waals surface area (Å²) in [5.41, 5.74) is 5.79. The number of benzene rings is 1. The molecule has 0 aliphatic carbocycles. The molecule has 2 N–H and O–H groups in total. The minimum Gasteiger partial charge on any atom is -0.406 e. The van der Waals surface area contributed by atoms with Gasteiger partial charge in [-0.3, -0.25) is 0 Å². The molecule has 1 aromatic carbocycles. The van der Waals surface area contributed by atoms with E-state index in [-0.39, 0.29) is 18.0 Å². The van der Waals surface area contributed by atoms with Crippen molar-refractivity contribution in [1.29, 1.82) is 0 Å². The van der Waals surface area contributed by atoms with Crippen LogP contribution in [0.1, 0.15) is 16.5 Å². The van der Waals surface area contributed by atoms with E-state index in [0.717, 1.165) is 18.2 Å². The fraction of sp³-hybridized carbons (Fsp3) is 0.167. The summed E-state index contributed by atoms with van der Waals surface area (Å²) in [5, 5.41) is 1.75. The third-order valence-corrected chi connectivity index (χ3v) is 3.34. The normalized spacial score (nSPS) is 12.7. The summed E-state index contributed by atoms with van der Waals surface area (Å²) < 4.78 is 53.7. The Labute approximate surface area is 122 Å². The number of hydrogen-bond acceptors (Lipinski definition) is 3. The SMILES string of the molecule is Cl.N[C@@H](c1cccs1)c1cc(OC(F)(F)F)ccc1F. The van der Waals surface area contributed by atoms with Crippen molar-refractivity contribution in [3.63, 3.8) is 0 Å². The second-order valence-corrected chi connectivity index (χ2v) is 4.70. The summed E-state index contributed by atoms with van der Waals surface area (Å²) in [7, 11) is 0. The Balaban J connectivity index is 0.00000200. The van der Waals surface area contributed by atoms with Crippen LogP contribution in [0.4, 0.5) is 17.6 Å². The summed E-state index contributed by atoms with van der Waals surface area (Å²) in [4.78, 5) is 0.656. The average Bonchev–Trinajstić information content (AvgIpc) is 2.82. The van der Waals surface area contributed by atoms with Crippen molar-refractivity contribution in [2.45, 2.75) is 12.4 Å². The van der Waals surface area contributed by atoms with Crippen LogP contribution in [-0.2, 0) is 0 Å². The van der Waals surface area contributed by atoms with E-state index >= 15 is 0 Å². The first-order valence-electron chi connectivity index (χ1n) is 5.21. The zero-order valence-electron chi connectivity index (χ0n) is 9.86. The molecule has 0 aliphatic heterocycles. The van der Waals surface area contributed by atoms with E-state index in [9.17, 15) is 17.6 Å². The molecule has 1 aromatic heterocycles. The smallest absolute Gasteiger partial charge is 0.406 e. The monoisotopic (exact) mass is 327 g/mol. The van der Waals surface area contributed by atoms with Gasteiger partial charge in [-0.05, 0) is 29.6 Å². The Morgan fingerprint density at radius 3 is 2.45 bits per heavy atom. The number of rotatable bonds is 3. The van der Waals surface area contributed by atoms with Crippen LogP contribution in [0.3, 0.4) is 0 Å². The van der Waals surface area contributed by atoms with E-state index in [0.29, 0.717) is 4.88 Å². The summed E-state index contributed by atoms with van der Waals surface area (Å²) in [6.07, 6.45) is -4.82. The van der Waals surface area contributed by atoms with Gasteiger partial charge >= 0.3 is 6.36 Å². The molecule has 0 unspecified atom stereocenters. The first-order chi connectivity index (χ1) is 8.87. The lowest BCUT2D eigenvalue weighted by molar-refractivity contribution is -0.274. The molecular formula is C12H10ClF4NOS. The van der Waals surface area contributed by atoms with Crippen molar-refractivity contribution in [2.75, 3.05) is 0 Å². The van der Waals surface area contributed by atoms with Gasteiger partial charge in [0.1, 0.15) is 11.6 Å². The first kappa shape index (κ1) is 16.7. The van der Waals surface area contributed by atoms with Crippen LogP contribution in [0, 0.1) is 5.82 Å². The number of hydrogen-bond donors (Lipinski definition) is 1. The van der Waals surface area contributed by atoms with Gasteiger partial charge in [-0.25, -0.2) is 4.39 Å². The Morgan fingerprint density at radius 2 is 1.90 bits per heavy atom. The van der Waals surface area contributed by atoms with Gasteiger partial charge in [0.15, 0.2) is 0 Å². The van der Waals surface area contributed by atoms with Crippen LogP contribution >= 0.6 is 23.7 Å². The molecule has 0 radical (unpaired) electrons. The summed E-state index contributed by atoms with van der Waals surface area (Å²) in [6, 6.07) is 5.38. The topological polar surface area (TPSA) is 35.2 Å². The molecule has 1 heterocycles. The van der Waals surface area contributed by atoms with E-state index in [1.807, 2.05) is 0 Å². The maximum atomic E-state index is 13.6. The minimum absolute atomic E-state index is 0. The fourth-order valence-corrected chi connectivity index (χ4v) is 2.32. The number of nitrogens with two attached hydrogens (primary N) is 1. The van der Waals surface area contributed by atoms with Crippen molar-refractivity contribution < 1.29 is 22.3 Å². The van der Waals surface area contributed by atoms with Gasteiger partial charge in [-0.2, -0.15) is 0 Å². The molecule has 2 aromatic rings. The zero-order chi connectivity index (χ0) is 14.0. The van der Waals surface area contributed by atoms with Gasteiger partial charge in [-0.1, -0.05) is 6.07 Å². The molecule has 0 aliphatic rings. The lowest BCUT2D eigenvalue weighted by atomic mass is 10.1. The fourth-order valence-electron chi connectivity index (χ4n) is 1.58. The second kappa shape index (κ2) is 6.43. The molecule has 2 nitrogen and oxygen atoms in total. The van der Waals surface area contributed by atoms with Crippen LogP contribution in [0.25, 0.3) is 0 Å². The molecule has 0 bridgehead atoms. The average molecular weight is 328 g/mol. The molecular weight excluding hydrogens is 318 g/mol. The third kappa shape index (κ3) is 4.09. The van der Waals surface area contributed by atoms with Crippen LogP contribution in [0.2, 0.25) is 0 Å². The molecule has 0 fully saturated rings. The van der Waals surface area contributed by atoms with Gasteiger partial charge in [0.25, 0.3) is 0 Å². The van der Waals surface area contributed by atoms with Crippen LogP contribution < -0.4 is 10.5 Å². The van der Waals surface area contributed by atoms with E-state index < -0.39 is 24.0 Å². The predicted octanol–water partition coefficient (Wildman–Crippen LogP) is 4.26. The highest BCUT2D eigenvalue weighted by atomic mass is 35.5. The maximum Gasteiger partial charge on any atom is 0.573 e. The standard InChI is InChI=1S/C12H9F4NOS.ClH/c13-9-4-3-7(18-12(14,15)16)6-8(9)11(17)10-2-1-5-19-10;/h1-6,11H,17H2;1H/t11-;/m1./s1. The van der Waals surface area contributed by atoms with Crippen molar-refractivity contribution in [3.05, 3.63) is 52.0 Å². The van der Waals surface area contributed by atoms with Gasteiger partial charge in [0, 0.05) is 10.4 Å². The highest BCUT2D eigenvalue weighted by Crippen LogP contribution is 2.30. The molecule has 2 rings (SSSR count). The lowest BCUT2D eigenvalue weighted by Crippen LogP contribution is -2.18. The molecule has 1 atom stereocenters. The first-order valence-corrected chi connectivity index (χ1v) is 6.09. The Morgan fingerprint density at radius 1 is 1.20 bits per heavy atom. The largest absolute Gasteiger partial charge is 0.573 e. The molecule has 0 amide bonds. The van der Waals surface area contributed by atoms with Crippen LogP contribution in [0.15, 0.2) is 35.7 Å². The predicted molar refractivity (Wildman–Crippen MR) is 70.7 cm³/mol. The molecule has 8 heteroatoms. The molecule has 0 spiro atoms. The number of thiophene rings is 1. The maximum absolute atomic E-state index is 13.6. The summed E-state index contributed by atoms with van der Waals surface area (Å²) in [6.45, 7) is 0. The number of ether oxygens (including phenoxy) is 1. The van der Waals surface area contributed by atoms with Crippen LogP contribution in [-0.4, -0.2) is 6.36 Å². The van der Waals surface area contributed by atoms with Crippen molar-refractivity contribution in [2.24, 2.45) is 5.73 Å². The minimum atomic E-state index is -4.82. The van der Waals surface area contributed by atoms with Gasteiger partial charge < -0.3 is 10.5 Å². The van der Waals surface area contributed by atoms with Gasteiger partial charge in [-0.15, -0.1) is 36.9 Å². The van der Waals surface area contributed by atoms with E-state index in [1.54, 1.807) is 17.5 Å².